The Hall–Kier alpha value is -1.12. The Morgan fingerprint density at radius 2 is 2.47 bits per heavy atom. The van der Waals surface area contributed by atoms with Crippen LogP contribution in [0.5, 0.6) is 0 Å². The average molecular weight is 290 g/mol. The van der Waals surface area contributed by atoms with Crippen molar-refractivity contribution in [3.05, 3.63) is 33.2 Å². The summed E-state index contributed by atoms with van der Waals surface area (Å²) in [5.41, 5.74) is 0.442. The first-order valence-electron chi connectivity index (χ1n) is 4.58. The van der Waals surface area contributed by atoms with Crippen molar-refractivity contribution in [1.82, 2.24) is 24.4 Å². The number of nitrogens with zero attached hydrogens (tertiary/aromatic N) is 4. The van der Waals surface area contributed by atoms with E-state index in [0.29, 0.717) is 27.5 Å². The normalized spacial score (nSPS) is 10.6. The van der Waals surface area contributed by atoms with Gasteiger partial charge < -0.3 is 0 Å². The minimum Gasteiger partial charge on any atom is -0.266 e. The zero-order chi connectivity index (χ0) is 12.3. The van der Waals surface area contributed by atoms with Crippen molar-refractivity contribution in [3.8, 4) is 0 Å². The Balaban J connectivity index is 2.11. The number of hydrogen-bond acceptors (Lipinski definition) is 6. The molecule has 0 spiro atoms. The second-order valence-electron chi connectivity index (χ2n) is 2.99. The predicted molar refractivity (Wildman–Crippen MR) is 67.5 cm³/mol. The molecule has 0 aliphatic carbocycles. The number of allylic oxidation sites excluding steroid dienone is 1. The summed E-state index contributed by atoms with van der Waals surface area (Å²) in [6.45, 7) is 4.01. The van der Waals surface area contributed by atoms with Gasteiger partial charge in [-0.25, -0.2) is 9.89 Å². The Kier molecular flexibility index (Phi) is 3.97. The lowest BCUT2D eigenvalue weighted by atomic mass is 10.6. The molecule has 2 rings (SSSR count). The fourth-order valence-electron chi connectivity index (χ4n) is 1.12. The lowest BCUT2D eigenvalue weighted by Gasteiger charge is -2.00. The molecule has 9 heteroatoms. The molecule has 2 heterocycles. The summed E-state index contributed by atoms with van der Waals surface area (Å²) in [4.78, 5) is 11.4. The van der Waals surface area contributed by atoms with Gasteiger partial charge in [0.2, 0.25) is 0 Å². The minimum atomic E-state index is -0.255. The van der Waals surface area contributed by atoms with Crippen molar-refractivity contribution in [2.24, 2.45) is 0 Å². The van der Waals surface area contributed by atoms with E-state index in [0.717, 1.165) is 11.5 Å². The summed E-state index contributed by atoms with van der Waals surface area (Å²) in [6, 6.07) is 0. The third kappa shape index (κ3) is 2.76. The molecule has 0 unspecified atom stereocenters. The zero-order valence-electron chi connectivity index (χ0n) is 8.59. The molecule has 0 bridgehead atoms. The van der Waals surface area contributed by atoms with Crippen molar-refractivity contribution in [2.45, 2.75) is 17.5 Å². The number of hydrogen-bond donors (Lipinski definition) is 1. The molecule has 1 N–H and O–H groups in total. The Labute approximate surface area is 110 Å². The van der Waals surface area contributed by atoms with Gasteiger partial charge in [0.15, 0.2) is 5.16 Å². The van der Waals surface area contributed by atoms with Gasteiger partial charge in [0, 0.05) is 23.8 Å². The average Bonchev–Trinajstić information content (AvgIpc) is 2.86. The molecule has 0 fully saturated rings. The van der Waals surface area contributed by atoms with Gasteiger partial charge in [0.05, 0.1) is 0 Å². The van der Waals surface area contributed by atoms with E-state index in [9.17, 15) is 4.79 Å². The number of H-pyrrole nitrogens is 1. The first-order chi connectivity index (χ1) is 8.22. The highest BCUT2D eigenvalue weighted by atomic mass is 35.5. The summed E-state index contributed by atoms with van der Waals surface area (Å²) in [7, 11) is 0. The molecule has 0 aliphatic heterocycles. The first-order valence-corrected chi connectivity index (χ1v) is 6.71. The first kappa shape index (κ1) is 12.3. The molecule has 0 aromatic carbocycles. The summed E-state index contributed by atoms with van der Waals surface area (Å²) in [5.74, 6) is 0.525. The minimum absolute atomic E-state index is 0.255. The number of rotatable bonds is 5. The maximum absolute atomic E-state index is 11.4. The van der Waals surface area contributed by atoms with Crippen molar-refractivity contribution in [2.75, 3.05) is 0 Å². The van der Waals surface area contributed by atoms with E-state index in [4.69, 9.17) is 11.6 Å². The van der Waals surface area contributed by atoms with Crippen molar-refractivity contribution < 1.29 is 0 Å². The maximum atomic E-state index is 11.4. The van der Waals surface area contributed by atoms with E-state index < -0.39 is 0 Å². The highest BCUT2D eigenvalue weighted by Gasteiger charge is 2.11. The fourth-order valence-corrected chi connectivity index (χ4v) is 2.81. The second kappa shape index (κ2) is 5.48. The highest BCUT2D eigenvalue weighted by Crippen LogP contribution is 2.25. The fraction of sp³-hybridized carbons (Fsp3) is 0.250. The molecule has 90 valence electrons. The maximum Gasteiger partial charge on any atom is 0.344 e. The lowest BCUT2D eigenvalue weighted by Crippen LogP contribution is -2.16. The number of aromatic nitrogens is 5. The Morgan fingerprint density at radius 1 is 1.65 bits per heavy atom. The summed E-state index contributed by atoms with van der Waals surface area (Å²) >= 11 is 8.39. The van der Waals surface area contributed by atoms with Crippen LogP contribution >= 0.6 is 34.9 Å². The predicted octanol–water partition coefficient (Wildman–Crippen LogP) is 1.55. The van der Waals surface area contributed by atoms with Crippen LogP contribution < -0.4 is 5.69 Å². The topological polar surface area (TPSA) is 76.5 Å². The molecule has 2 aromatic heterocycles. The van der Waals surface area contributed by atoms with E-state index in [-0.39, 0.29) is 5.69 Å². The van der Waals surface area contributed by atoms with Crippen LogP contribution in [0.1, 0.15) is 5.69 Å². The quantitative estimate of drug-likeness (QED) is 0.668. The molecular formula is C8H8ClN5OS2. The van der Waals surface area contributed by atoms with Crippen molar-refractivity contribution >= 4 is 34.9 Å². The largest absolute Gasteiger partial charge is 0.344 e. The zero-order valence-corrected chi connectivity index (χ0v) is 11.0. The molecule has 0 aliphatic rings. The molecule has 2 aromatic rings. The highest BCUT2D eigenvalue weighted by molar-refractivity contribution is 7.98. The smallest absolute Gasteiger partial charge is 0.266 e. The molecule has 0 saturated carbocycles. The standard InChI is InChI=1S/C8H8ClN5OS2/c1-2-3-14-7(15)11-12-8(14)16-4-5-6(9)17-13-10-5/h2H,1,3-4H2,(H,11,15). The van der Waals surface area contributed by atoms with Crippen molar-refractivity contribution in [1.29, 1.82) is 0 Å². The SMILES string of the molecule is C=CCn1c(SCc2nnsc2Cl)n[nH]c1=O. The van der Waals surface area contributed by atoms with E-state index in [1.54, 1.807) is 6.08 Å². The van der Waals surface area contributed by atoms with Crippen molar-refractivity contribution in [3.63, 3.8) is 0 Å². The third-order valence-corrected chi connectivity index (χ3v) is 3.85. The second-order valence-corrected chi connectivity index (χ2v) is 5.29. The van der Waals surface area contributed by atoms with E-state index in [1.807, 2.05) is 0 Å². The van der Waals surface area contributed by atoms with Crippen LogP contribution in [-0.4, -0.2) is 24.4 Å². The Morgan fingerprint density at radius 3 is 3.12 bits per heavy atom. The molecular weight excluding hydrogens is 282 g/mol. The van der Waals surface area contributed by atoms with Crippen LogP contribution in [0.25, 0.3) is 0 Å². The Bertz CT molecular complexity index is 574. The molecule has 0 radical (unpaired) electrons. The third-order valence-electron chi connectivity index (χ3n) is 1.88. The van der Waals surface area contributed by atoms with E-state index >= 15 is 0 Å². The van der Waals surface area contributed by atoms with E-state index in [1.165, 1.54) is 16.3 Å². The number of halogens is 1. The van der Waals surface area contributed by atoms with Crippen LogP contribution in [0.15, 0.2) is 22.6 Å². The van der Waals surface area contributed by atoms with Crippen LogP contribution in [0, 0.1) is 0 Å². The van der Waals surface area contributed by atoms with Gasteiger partial charge in [-0.3, -0.25) is 4.57 Å². The van der Waals surface area contributed by atoms with Gasteiger partial charge in [0.1, 0.15) is 10.0 Å². The number of aromatic amines is 1. The van der Waals surface area contributed by atoms with Gasteiger partial charge in [-0.2, -0.15) is 0 Å². The summed E-state index contributed by atoms with van der Waals surface area (Å²) in [6.07, 6.45) is 1.64. The van der Waals surface area contributed by atoms with Crippen LogP contribution in [0.4, 0.5) is 0 Å². The number of thioether (sulfide) groups is 1. The molecule has 6 nitrogen and oxygen atoms in total. The van der Waals surface area contributed by atoms with Gasteiger partial charge in [-0.05, 0) is 0 Å². The van der Waals surface area contributed by atoms with Gasteiger partial charge in [-0.1, -0.05) is 33.9 Å². The van der Waals surface area contributed by atoms with Crippen LogP contribution in [0.3, 0.4) is 0 Å². The number of nitrogens with one attached hydrogen (secondary N) is 1. The van der Waals surface area contributed by atoms with Gasteiger partial charge >= 0.3 is 5.69 Å². The molecule has 0 saturated heterocycles. The van der Waals surface area contributed by atoms with Crippen LogP contribution in [-0.2, 0) is 12.3 Å². The van der Waals surface area contributed by atoms with Gasteiger partial charge in [-0.15, -0.1) is 16.8 Å². The van der Waals surface area contributed by atoms with Crippen LogP contribution in [0.2, 0.25) is 4.34 Å². The molecule has 0 amide bonds. The summed E-state index contributed by atoms with van der Waals surface area (Å²) < 4.78 is 5.78. The molecule has 0 atom stereocenters. The monoisotopic (exact) mass is 289 g/mol. The molecule has 17 heavy (non-hydrogen) atoms. The lowest BCUT2D eigenvalue weighted by molar-refractivity contribution is 0.702. The van der Waals surface area contributed by atoms with E-state index in [2.05, 4.69) is 26.4 Å². The summed E-state index contributed by atoms with van der Waals surface area (Å²) in [5, 5.41) is 10.8. The van der Waals surface area contributed by atoms with Gasteiger partial charge in [0.25, 0.3) is 0 Å².